The summed E-state index contributed by atoms with van der Waals surface area (Å²) in [7, 11) is 0. The number of ether oxygens (including phenoxy) is 1. The van der Waals surface area contributed by atoms with E-state index in [0.29, 0.717) is 13.0 Å². The molecule has 1 unspecified atom stereocenters. The Balaban J connectivity index is 0. The van der Waals surface area contributed by atoms with Crippen LogP contribution in [-0.4, -0.2) is 47.9 Å². The molecule has 0 spiro atoms. The predicted molar refractivity (Wildman–Crippen MR) is 62.1 cm³/mol. The third kappa shape index (κ3) is 5.14. The number of hydrogen-bond donors (Lipinski definition) is 0. The third-order valence-electron chi connectivity index (χ3n) is 2.53. The first-order chi connectivity index (χ1) is 6.49. The number of unbranched alkanes of at least 4 members (excludes halogenated alkanes) is 1. The van der Waals surface area contributed by atoms with Crippen molar-refractivity contribution < 1.29 is 14.3 Å². The zero-order valence-electron chi connectivity index (χ0n) is 9.55. The van der Waals surface area contributed by atoms with Crippen molar-refractivity contribution in [3.8, 4) is 0 Å². The summed E-state index contributed by atoms with van der Waals surface area (Å²) in [5.41, 5.74) is -0.938. The van der Waals surface area contributed by atoms with Crippen LogP contribution in [0.5, 0.6) is 0 Å². The van der Waals surface area contributed by atoms with Gasteiger partial charge in [-0.15, -0.1) is 0 Å². The van der Waals surface area contributed by atoms with Crippen LogP contribution in [0.1, 0.15) is 47.0 Å². The van der Waals surface area contributed by atoms with Gasteiger partial charge in [0.15, 0.2) is 0 Å². The van der Waals surface area contributed by atoms with Crippen LogP contribution in [0.3, 0.4) is 0 Å². The second-order valence-corrected chi connectivity index (χ2v) is 3.71. The molecule has 0 aliphatic heterocycles. The minimum absolute atomic E-state index is 0. The van der Waals surface area contributed by atoms with Crippen molar-refractivity contribution in [1.29, 1.82) is 0 Å². The van der Waals surface area contributed by atoms with Gasteiger partial charge in [-0.25, -0.2) is 0 Å². The molecule has 0 N–H and O–H groups in total. The van der Waals surface area contributed by atoms with Gasteiger partial charge < -0.3 is 4.74 Å². The van der Waals surface area contributed by atoms with Crippen molar-refractivity contribution in [2.45, 2.75) is 47.0 Å². The van der Waals surface area contributed by atoms with Crippen LogP contribution in [0.4, 0.5) is 0 Å². The Morgan fingerprint density at radius 3 is 2.13 bits per heavy atom. The summed E-state index contributed by atoms with van der Waals surface area (Å²) in [6.45, 7) is 7.23. The number of esters is 1. The summed E-state index contributed by atoms with van der Waals surface area (Å²) < 4.78 is 4.91. The standard InChI is InChI=1S/C11H20O3.Na.H/c1-5-7-8-11(4,9(3)12)10(13)14-6-2;;/h5-8H2,1-4H3;;. The first-order valence-corrected chi connectivity index (χ1v) is 5.17. The van der Waals surface area contributed by atoms with E-state index in [1.54, 1.807) is 13.8 Å². The first kappa shape index (κ1) is 17.5. The van der Waals surface area contributed by atoms with Gasteiger partial charge in [0.05, 0.1) is 6.61 Å². The van der Waals surface area contributed by atoms with Gasteiger partial charge in [0.2, 0.25) is 0 Å². The van der Waals surface area contributed by atoms with Crippen LogP contribution in [0.2, 0.25) is 0 Å². The number of Topliss-reactive ketones (excluding diaryl/α,β-unsaturated/α-hetero) is 1. The summed E-state index contributed by atoms with van der Waals surface area (Å²) in [5, 5.41) is 0. The summed E-state index contributed by atoms with van der Waals surface area (Å²) in [4.78, 5) is 23.0. The molecule has 0 saturated carbocycles. The van der Waals surface area contributed by atoms with Gasteiger partial charge in [-0.1, -0.05) is 19.8 Å². The molecule has 0 saturated heterocycles. The Morgan fingerprint density at radius 2 is 1.80 bits per heavy atom. The maximum absolute atomic E-state index is 11.6. The molecule has 15 heavy (non-hydrogen) atoms. The number of carbonyl (C=O) groups is 2. The van der Waals surface area contributed by atoms with E-state index in [-0.39, 0.29) is 41.3 Å². The van der Waals surface area contributed by atoms with Crippen molar-refractivity contribution >= 4 is 41.3 Å². The van der Waals surface area contributed by atoms with Crippen LogP contribution in [0.15, 0.2) is 0 Å². The van der Waals surface area contributed by atoms with Crippen molar-refractivity contribution in [2.24, 2.45) is 5.41 Å². The fraction of sp³-hybridized carbons (Fsp3) is 0.818. The molecule has 4 heteroatoms. The molecule has 0 rings (SSSR count). The molecule has 0 aromatic rings. The second kappa shape index (κ2) is 8.31. The van der Waals surface area contributed by atoms with Crippen LogP contribution in [0.25, 0.3) is 0 Å². The molecule has 0 bridgehead atoms. The van der Waals surface area contributed by atoms with Crippen LogP contribution < -0.4 is 0 Å². The van der Waals surface area contributed by atoms with Gasteiger partial charge >= 0.3 is 35.5 Å². The molecule has 0 aromatic carbocycles. The Morgan fingerprint density at radius 1 is 1.27 bits per heavy atom. The SMILES string of the molecule is CCCCC(C)(C(C)=O)C(=O)OCC.[NaH]. The van der Waals surface area contributed by atoms with Gasteiger partial charge in [-0.3, -0.25) is 9.59 Å². The van der Waals surface area contributed by atoms with E-state index in [1.807, 2.05) is 6.92 Å². The molecular formula is C11H21NaO3. The average molecular weight is 224 g/mol. The number of hydrogen-bond acceptors (Lipinski definition) is 3. The van der Waals surface area contributed by atoms with Gasteiger partial charge in [0.25, 0.3) is 0 Å². The Kier molecular flexibility index (Phi) is 9.71. The first-order valence-electron chi connectivity index (χ1n) is 5.17. The summed E-state index contributed by atoms with van der Waals surface area (Å²) in [5.74, 6) is -0.495. The number of rotatable bonds is 6. The Bertz CT molecular complexity index is 216. The molecule has 3 nitrogen and oxygen atoms in total. The third-order valence-corrected chi connectivity index (χ3v) is 2.53. The molecule has 0 aliphatic carbocycles. The quantitative estimate of drug-likeness (QED) is 0.392. The fourth-order valence-electron chi connectivity index (χ4n) is 1.24. The fourth-order valence-corrected chi connectivity index (χ4v) is 1.24. The van der Waals surface area contributed by atoms with E-state index in [9.17, 15) is 9.59 Å². The van der Waals surface area contributed by atoms with Gasteiger partial charge in [-0.2, -0.15) is 0 Å². The van der Waals surface area contributed by atoms with E-state index in [1.165, 1.54) is 6.92 Å². The molecule has 0 aromatic heterocycles. The second-order valence-electron chi connectivity index (χ2n) is 3.71. The van der Waals surface area contributed by atoms with Crippen LogP contribution in [0, 0.1) is 5.41 Å². The number of ketones is 1. The van der Waals surface area contributed by atoms with E-state index in [0.717, 1.165) is 12.8 Å². The molecule has 0 amide bonds. The van der Waals surface area contributed by atoms with Crippen molar-refractivity contribution in [1.82, 2.24) is 0 Å². The Labute approximate surface area is 114 Å². The van der Waals surface area contributed by atoms with E-state index < -0.39 is 5.41 Å². The van der Waals surface area contributed by atoms with E-state index in [4.69, 9.17) is 4.74 Å². The zero-order valence-corrected chi connectivity index (χ0v) is 9.55. The summed E-state index contributed by atoms with van der Waals surface area (Å²) in [6.07, 6.45) is 2.43. The van der Waals surface area contributed by atoms with Crippen molar-refractivity contribution in [2.75, 3.05) is 6.61 Å². The van der Waals surface area contributed by atoms with Gasteiger partial charge in [0.1, 0.15) is 11.2 Å². The summed E-state index contributed by atoms with van der Waals surface area (Å²) >= 11 is 0. The topological polar surface area (TPSA) is 43.4 Å². The van der Waals surface area contributed by atoms with Crippen LogP contribution >= 0.6 is 0 Å². The van der Waals surface area contributed by atoms with E-state index in [2.05, 4.69) is 0 Å². The predicted octanol–water partition coefficient (Wildman–Crippen LogP) is 1.69. The maximum atomic E-state index is 11.6. The van der Waals surface area contributed by atoms with Gasteiger partial charge in [-0.05, 0) is 27.2 Å². The van der Waals surface area contributed by atoms with Gasteiger partial charge in [0, 0.05) is 0 Å². The van der Waals surface area contributed by atoms with Crippen LogP contribution in [-0.2, 0) is 14.3 Å². The normalized spacial score (nSPS) is 13.6. The molecular weight excluding hydrogens is 203 g/mol. The average Bonchev–Trinajstić information content (AvgIpc) is 2.14. The number of carbonyl (C=O) groups excluding carboxylic acids is 2. The molecule has 0 fully saturated rings. The zero-order chi connectivity index (χ0) is 11.2. The van der Waals surface area contributed by atoms with Crippen molar-refractivity contribution in [3.05, 3.63) is 0 Å². The summed E-state index contributed by atoms with van der Waals surface area (Å²) in [6, 6.07) is 0. The minimum atomic E-state index is -0.938. The molecule has 1 atom stereocenters. The molecule has 0 radical (unpaired) electrons. The van der Waals surface area contributed by atoms with E-state index >= 15 is 0 Å². The monoisotopic (exact) mass is 224 g/mol. The van der Waals surface area contributed by atoms with Crippen molar-refractivity contribution in [3.63, 3.8) is 0 Å². The molecule has 0 aliphatic rings. The molecule has 84 valence electrons. The molecule has 0 heterocycles. The Hall–Kier alpha value is 0.140.